The second-order valence-electron chi connectivity index (χ2n) is 5.24. The van der Waals surface area contributed by atoms with Crippen LogP contribution >= 0.6 is 11.7 Å². The molecule has 0 atom stereocenters. The number of carbonyl (C=O) groups excluding carboxylic acids is 1. The van der Waals surface area contributed by atoms with E-state index >= 15 is 0 Å². The Kier molecular flexibility index (Phi) is 3.04. The highest BCUT2D eigenvalue weighted by Gasteiger charge is 2.17. The molecule has 4 rings (SSSR count). The van der Waals surface area contributed by atoms with Crippen LogP contribution in [0, 0.1) is 6.92 Å². The average molecular weight is 311 g/mol. The third-order valence-corrected chi connectivity index (χ3v) is 4.30. The van der Waals surface area contributed by atoms with Crippen LogP contribution in [-0.2, 0) is 0 Å². The lowest BCUT2D eigenvalue weighted by Gasteiger charge is -2.09. The van der Waals surface area contributed by atoms with Crippen molar-refractivity contribution in [2.24, 2.45) is 0 Å². The zero-order valence-corrected chi connectivity index (χ0v) is 12.7. The molecule has 0 spiro atoms. The first-order valence-electron chi connectivity index (χ1n) is 7.01. The molecule has 2 aromatic carbocycles. The van der Waals surface area contributed by atoms with Crippen molar-refractivity contribution < 1.29 is 9.53 Å². The van der Waals surface area contributed by atoms with E-state index in [2.05, 4.69) is 20.1 Å². The Morgan fingerprint density at radius 2 is 2.09 bits per heavy atom. The Bertz CT molecular complexity index is 888. The third kappa shape index (κ3) is 2.12. The van der Waals surface area contributed by atoms with Gasteiger partial charge in [0.25, 0.3) is 5.91 Å². The summed E-state index contributed by atoms with van der Waals surface area (Å²) in [5.74, 6) is 0.536. The normalized spacial score (nSPS) is 14.1. The maximum atomic E-state index is 12.1. The highest BCUT2D eigenvalue weighted by molar-refractivity contribution is 7.00. The summed E-state index contributed by atoms with van der Waals surface area (Å²) in [6.07, 6.45) is 0. The largest absolute Gasteiger partial charge is 0.491 e. The third-order valence-electron chi connectivity index (χ3n) is 3.75. The van der Waals surface area contributed by atoms with Crippen LogP contribution in [0.25, 0.3) is 22.2 Å². The SMILES string of the molecule is Cc1cc(-c2ccc3c(c2)C(=O)NCCO3)cc2nsnc12. The zero-order chi connectivity index (χ0) is 15.1. The minimum Gasteiger partial charge on any atom is -0.491 e. The number of nitrogens with zero attached hydrogens (tertiary/aromatic N) is 2. The molecule has 110 valence electrons. The summed E-state index contributed by atoms with van der Waals surface area (Å²) in [4.78, 5) is 12.1. The molecule has 0 aliphatic carbocycles. The molecule has 3 aromatic rings. The van der Waals surface area contributed by atoms with Gasteiger partial charge >= 0.3 is 0 Å². The lowest BCUT2D eigenvalue weighted by atomic mass is 9.99. The van der Waals surface area contributed by atoms with E-state index in [-0.39, 0.29) is 5.91 Å². The standard InChI is InChI=1S/C16H13N3O2S/c1-9-6-11(8-13-15(9)19-22-18-13)10-2-3-14-12(7-10)16(20)17-4-5-21-14/h2-3,6-8H,4-5H2,1H3,(H,17,20). The maximum Gasteiger partial charge on any atom is 0.255 e. The van der Waals surface area contributed by atoms with Gasteiger partial charge in [-0.15, -0.1) is 0 Å². The van der Waals surface area contributed by atoms with Crippen molar-refractivity contribution >= 4 is 28.7 Å². The van der Waals surface area contributed by atoms with Crippen LogP contribution < -0.4 is 10.1 Å². The Labute approximate surface area is 131 Å². The fourth-order valence-corrected chi connectivity index (χ4v) is 3.24. The summed E-state index contributed by atoms with van der Waals surface area (Å²) < 4.78 is 14.2. The minimum atomic E-state index is -0.0949. The molecule has 0 radical (unpaired) electrons. The van der Waals surface area contributed by atoms with Crippen molar-refractivity contribution in [1.29, 1.82) is 0 Å². The average Bonchev–Trinajstić information content (AvgIpc) is 2.93. The van der Waals surface area contributed by atoms with Crippen molar-refractivity contribution in [3.63, 3.8) is 0 Å². The van der Waals surface area contributed by atoms with Crippen molar-refractivity contribution in [3.05, 3.63) is 41.5 Å². The van der Waals surface area contributed by atoms with Gasteiger partial charge in [-0.1, -0.05) is 6.07 Å². The molecular weight excluding hydrogens is 298 g/mol. The van der Waals surface area contributed by atoms with E-state index in [9.17, 15) is 4.79 Å². The van der Waals surface area contributed by atoms with Gasteiger partial charge in [-0.2, -0.15) is 8.75 Å². The van der Waals surface area contributed by atoms with Crippen molar-refractivity contribution in [2.75, 3.05) is 13.2 Å². The Hall–Kier alpha value is -2.47. The zero-order valence-electron chi connectivity index (χ0n) is 11.9. The predicted octanol–water partition coefficient (Wildman–Crippen LogP) is 2.79. The number of hydrogen-bond donors (Lipinski definition) is 1. The second kappa shape index (κ2) is 5.06. The van der Waals surface area contributed by atoms with E-state index in [1.807, 2.05) is 31.2 Å². The van der Waals surface area contributed by atoms with Gasteiger partial charge < -0.3 is 10.1 Å². The number of fused-ring (bicyclic) bond motifs is 2. The van der Waals surface area contributed by atoms with Gasteiger partial charge in [0.15, 0.2) is 0 Å². The lowest BCUT2D eigenvalue weighted by molar-refractivity contribution is 0.0957. The summed E-state index contributed by atoms with van der Waals surface area (Å²) in [6, 6.07) is 9.77. The number of nitrogens with one attached hydrogen (secondary N) is 1. The van der Waals surface area contributed by atoms with Gasteiger partial charge in [-0.3, -0.25) is 4.79 Å². The van der Waals surface area contributed by atoms with Crippen LogP contribution in [-0.4, -0.2) is 27.8 Å². The first kappa shape index (κ1) is 13.2. The van der Waals surface area contributed by atoms with Gasteiger partial charge in [-0.05, 0) is 47.9 Å². The maximum absolute atomic E-state index is 12.1. The van der Waals surface area contributed by atoms with E-state index in [4.69, 9.17) is 4.74 Å². The monoisotopic (exact) mass is 311 g/mol. The van der Waals surface area contributed by atoms with Gasteiger partial charge in [0.2, 0.25) is 0 Å². The highest BCUT2D eigenvalue weighted by atomic mass is 32.1. The van der Waals surface area contributed by atoms with Crippen LogP contribution in [0.5, 0.6) is 5.75 Å². The molecule has 1 amide bonds. The smallest absolute Gasteiger partial charge is 0.255 e. The van der Waals surface area contributed by atoms with E-state index in [0.717, 1.165) is 27.7 Å². The van der Waals surface area contributed by atoms with Crippen molar-refractivity contribution in [1.82, 2.24) is 14.1 Å². The van der Waals surface area contributed by atoms with Gasteiger partial charge in [-0.25, -0.2) is 0 Å². The summed E-state index contributed by atoms with van der Waals surface area (Å²) >= 11 is 1.21. The van der Waals surface area contributed by atoms with Gasteiger partial charge in [0.1, 0.15) is 23.4 Å². The molecule has 0 saturated carbocycles. The number of rotatable bonds is 1. The molecular formula is C16H13N3O2S. The molecule has 22 heavy (non-hydrogen) atoms. The molecule has 1 aromatic heterocycles. The molecule has 0 unspecified atom stereocenters. The van der Waals surface area contributed by atoms with Crippen LogP contribution in [0.4, 0.5) is 0 Å². The minimum absolute atomic E-state index is 0.0949. The lowest BCUT2D eigenvalue weighted by Crippen LogP contribution is -2.24. The van der Waals surface area contributed by atoms with Crippen LogP contribution in [0.2, 0.25) is 0 Å². The predicted molar refractivity (Wildman–Crippen MR) is 85.4 cm³/mol. The molecule has 0 fully saturated rings. The first-order valence-corrected chi connectivity index (χ1v) is 7.74. The molecule has 6 heteroatoms. The van der Waals surface area contributed by atoms with Crippen molar-refractivity contribution in [2.45, 2.75) is 6.92 Å². The Balaban J connectivity index is 1.86. The fraction of sp³-hybridized carbons (Fsp3) is 0.188. The second-order valence-corrected chi connectivity index (χ2v) is 5.77. The Morgan fingerprint density at radius 1 is 1.18 bits per heavy atom. The number of hydrogen-bond acceptors (Lipinski definition) is 5. The highest BCUT2D eigenvalue weighted by Crippen LogP contribution is 2.30. The van der Waals surface area contributed by atoms with E-state index in [1.54, 1.807) is 0 Å². The first-order chi connectivity index (χ1) is 10.7. The number of amides is 1. The topological polar surface area (TPSA) is 64.1 Å². The molecule has 2 heterocycles. The number of aryl methyl sites for hydroxylation is 1. The quantitative estimate of drug-likeness (QED) is 0.750. The van der Waals surface area contributed by atoms with Crippen LogP contribution in [0.1, 0.15) is 15.9 Å². The Morgan fingerprint density at radius 3 is 3.00 bits per heavy atom. The summed E-state index contributed by atoms with van der Waals surface area (Å²) in [5, 5.41) is 2.83. The van der Waals surface area contributed by atoms with Crippen LogP contribution in [0.3, 0.4) is 0 Å². The molecule has 1 N–H and O–H groups in total. The summed E-state index contributed by atoms with van der Waals surface area (Å²) in [5.41, 5.74) is 5.47. The molecule has 1 aliphatic heterocycles. The van der Waals surface area contributed by atoms with Gasteiger partial charge in [0, 0.05) is 0 Å². The number of aromatic nitrogens is 2. The summed E-state index contributed by atoms with van der Waals surface area (Å²) in [7, 11) is 0. The van der Waals surface area contributed by atoms with Crippen molar-refractivity contribution in [3.8, 4) is 16.9 Å². The van der Waals surface area contributed by atoms with E-state index in [1.165, 1.54) is 11.7 Å². The van der Waals surface area contributed by atoms with E-state index < -0.39 is 0 Å². The number of benzene rings is 2. The van der Waals surface area contributed by atoms with Crippen LogP contribution in [0.15, 0.2) is 30.3 Å². The summed E-state index contributed by atoms with van der Waals surface area (Å²) in [6.45, 7) is 3.04. The molecule has 0 saturated heterocycles. The number of carbonyl (C=O) groups is 1. The fourth-order valence-electron chi connectivity index (χ4n) is 2.65. The molecule has 5 nitrogen and oxygen atoms in total. The molecule has 1 aliphatic rings. The number of ether oxygens (including phenoxy) is 1. The van der Waals surface area contributed by atoms with E-state index in [0.29, 0.717) is 24.5 Å². The molecule has 0 bridgehead atoms. The van der Waals surface area contributed by atoms with Gasteiger partial charge in [0.05, 0.1) is 23.8 Å².